The lowest BCUT2D eigenvalue weighted by Crippen LogP contribution is -2.27. The molecule has 1 aliphatic rings. The monoisotopic (exact) mass is 210 g/mol. The normalized spacial score (nSPS) is 21.7. The summed E-state index contributed by atoms with van der Waals surface area (Å²) in [5.74, 6) is 0.0832. The van der Waals surface area contributed by atoms with Crippen LogP contribution < -0.4 is 10.6 Å². The van der Waals surface area contributed by atoms with Crippen LogP contribution in [-0.4, -0.2) is 18.5 Å². The van der Waals surface area contributed by atoms with Gasteiger partial charge < -0.3 is 10.6 Å². The number of hydrogen-bond donors (Lipinski definition) is 1. The summed E-state index contributed by atoms with van der Waals surface area (Å²) in [4.78, 5) is 13.2. The second kappa shape index (κ2) is 3.59. The van der Waals surface area contributed by atoms with Gasteiger partial charge in [0.05, 0.1) is 0 Å². The number of rotatable bonds is 1. The first-order valence-electron chi connectivity index (χ1n) is 4.48. The Morgan fingerprint density at radius 2 is 2.00 bits per heavy atom. The molecule has 0 aromatic heterocycles. The van der Waals surface area contributed by atoms with Crippen LogP contribution in [0.25, 0.3) is 0 Å². The summed E-state index contributed by atoms with van der Waals surface area (Å²) < 4.78 is 0. The molecule has 1 aromatic carbocycles. The smallest absolute Gasteiger partial charge is 0.228 e. The highest BCUT2D eigenvalue weighted by molar-refractivity contribution is 6.30. The van der Waals surface area contributed by atoms with Crippen molar-refractivity contribution in [3.8, 4) is 0 Å². The Balaban J connectivity index is 2.23. The molecule has 0 spiro atoms. The van der Waals surface area contributed by atoms with Crippen LogP contribution in [0.3, 0.4) is 0 Å². The second-order valence-corrected chi connectivity index (χ2v) is 3.88. The van der Waals surface area contributed by atoms with Crippen molar-refractivity contribution in [2.75, 3.05) is 11.4 Å². The first kappa shape index (κ1) is 9.49. The lowest BCUT2D eigenvalue weighted by atomic mass is 10.3. The van der Waals surface area contributed by atoms with Gasteiger partial charge in [0.1, 0.15) is 0 Å². The van der Waals surface area contributed by atoms with Gasteiger partial charge in [0.25, 0.3) is 0 Å². The van der Waals surface area contributed by atoms with Crippen LogP contribution in [0, 0.1) is 0 Å². The summed E-state index contributed by atoms with van der Waals surface area (Å²) in [6.45, 7) is 0.598. The highest BCUT2D eigenvalue weighted by atomic mass is 35.5. The van der Waals surface area contributed by atoms with E-state index < -0.39 is 0 Å². The maximum Gasteiger partial charge on any atom is 0.228 e. The maximum absolute atomic E-state index is 11.5. The van der Waals surface area contributed by atoms with Gasteiger partial charge in [-0.05, 0) is 24.3 Å². The summed E-state index contributed by atoms with van der Waals surface area (Å²) in [7, 11) is 0. The van der Waals surface area contributed by atoms with Gasteiger partial charge >= 0.3 is 0 Å². The van der Waals surface area contributed by atoms with Crippen molar-refractivity contribution in [1.82, 2.24) is 0 Å². The van der Waals surface area contributed by atoms with Crippen molar-refractivity contribution in [2.45, 2.75) is 12.5 Å². The van der Waals surface area contributed by atoms with Gasteiger partial charge in [-0.25, -0.2) is 0 Å². The van der Waals surface area contributed by atoms with E-state index in [2.05, 4.69) is 0 Å². The van der Waals surface area contributed by atoms with Gasteiger partial charge in [-0.3, -0.25) is 4.79 Å². The summed E-state index contributed by atoms with van der Waals surface area (Å²) >= 11 is 5.76. The number of hydrogen-bond acceptors (Lipinski definition) is 2. The zero-order valence-electron chi connectivity index (χ0n) is 7.61. The fourth-order valence-electron chi connectivity index (χ4n) is 1.61. The van der Waals surface area contributed by atoms with E-state index in [1.165, 1.54) is 0 Å². The van der Waals surface area contributed by atoms with E-state index in [1.807, 2.05) is 12.1 Å². The Hall–Kier alpha value is -1.06. The molecule has 1 fully saturated rings. The Morgan fingerprint density at radius 1 is 1.36 bits per heavy atom. The number of benzene rings is 1. The number of carbonyl (C=O) groups excluding carboxylic acids is 1. The summed E-state index contributed by atoms with van der Waals surface area (Å²) in [6, 6.07) is 7.16. The minimum Gasteiger partial charge on any atom is -0.326 e. The maximum atomic E-state index is 11.5. The van der Waals surface area contributed by atoms with Crippen LogP contribution >= 0.6 is 11.6 Å². The molecule has 1 amide bonds. The molecule has 14 heavy (non-hydrogen) atoms. The molecule has 0 aliphatic carbocycles. The minimum absolute atomic E-state index is 0.0434. The molecular weight excluding hydrogens is 200 g/mol. The van der Waals surface area contributed by atoms with E-state index in [4.69, 9.17) is 17.3 Å². The molecule has 4 heteroatoms. The Kier molecular flexibility index (Phi) is 2.44. The van der Waals surface area contributed by atoms with Gasteiger partial charge in [-0.15, -0.1) is 0 Å². The third-order valence-electron chi connectivity index (χ3n) is 2.29. The van der Waals surface area contributed by atoms with Crippen molar-refractivity contribution < 1.29 is 4.79 Å². The summed E-state index contributed by atoms with van der Waals surface area (Å²) in [5.41, 5.74) is 6.56. The average Bonchev–Trinajstić information content (AvgIpc) is 2.47. The second-order valence-electron chi connectivity index (χ2n) is 3.44. The van der Waals surface area contributed by atoms with Crippen LogP contribution in [0.4, 0.5) is 5.69 Å². The SMILES string of the molecule is NC1CC(=O)N(c2ccc(Cl)cc2)C1. The third kappa shape index (κ3) is 1.74. The van der Waals surface area contributed by atoms with Crippen molar-refractivity contribution in [3.63, 3.8) is 0 Å². The Labute approximate surface area is 87.4 Å². The molecule has 1 unspecified atom stereocenters. The third-order valence-corrected chi connectivity index (χ3v) is 2.55. The van der Waals surface area contributed by atoms with E-state index in [-0.39, 0.29) is 11.9 Å². The van der Waals surface area contributed by atoms with Gasteiger partial charge in [0.2, 0.25) is 5.91 Å². The predicted octanol–water partition coefficient (Wildman–Crippen LogP) is 1.40. The van der Waals surface area contributed by atoms with Crippen LogP contribution in [0.2, 0.25) is 5.02 Å². The van der Waals surface area contributed by atoms with Crippen molar-refractivity contribution in [3.05, 3.63) is 29.3 Å². The molecule has 1 heterocycles. The van der Waals surface area contributed by atoms with E-state index in [0.717, 1.165) is 5.69 Å². The highest BCUT2D eigenvalue weighted by Gasteiger charge is 2.27. The first-order chi connectivity index (χ1) is 6.66. The number of carbonyl (C=O) groups is 1. The number of amides is 1. The van der Waals surface area contributed by atoms with E-state index >= 15 is 0 Å². The lowest BCUT2D eigenvalue weighted by molar-refractivity contribution is -0.117. The number of nitrogens with zero attached hydrogens (tertiary/aromatic N) is 1. The van der Waals surface area contributed by atoms with E-state index in [0.29, 0.717) is 18.0 Å². The number of anilines is 1. The topological polar surface area (TPSA) is 46.3 Å². The quantitative estimate of drug-likeness (QED) is 0.762. The Morgan fingerprint density at radius 3 is 2.50 bits per heavy atom. The standard InChI is InChI=1S/C10H11ClN2O/c11-7-1-3-9(4-2-7)13-6-8(12)5-10(13)14/h1-4,8H,5-6,12H2. The van der Waals surface area contributed by atoms with Crippen LogP contribution in [0.5, 0.6) is 0 Å². The molecule has 1 aliphatic heterocycles. The molecule has 0 bridgehead atoms. The molecule has 74 valence electrons. The molecule has 1 saturated heterocycles. The fourth-order valence-corrected chi connectivity index (χ4v) is 1.73. The van der Waals surface area contributed by atoms with Crippen molar-refractivity contribution in [2.24, 2.45) is 5.73 Å². The lowest BCUT2D eigenvalue weighted by Gasteiger charge is -2.15. The zero-order valence-corrected chi connectivity index (χ0v) is 8.37. The minimum atomic E-state index is -0.0434. The van der Waals surface area contributed by atoms with Crippen molar-refractivity contribution in [1.29, 1.82) is 0 Å². The van der Waals surface area contributed by atoms with Crippen LogP contribution in [-0.2, 0) is 4.79 Å². The van der Waals surface area contributed by atoms with Gasteiger partial charge in [0, 0.05) is 29.7 Å². The molecule has 1 atom stereocenters. The van der Waals surface area contributed by atoms with Gasteiger partial charge in [-0.1, -0.05) is 11.6 Å². The van der Waals surface area contributed by atoms with E-state index in [1.54, 1.807) is 17.0 Å². The zero-order chi connectivity index (χ0) is 10.1. The largest absolute Gasteiger partial charge is 0.326 e. The van der Waals surface area contributed by atoms with Gasteiger partial charge in [0.15, 0.2) is 0 Å². The molecule has 2 N–H and O–H groups in total. The molecule has 1 aromatic rings. The summed E-state index contributed by atoms with van der Waals surface area (Å²) in [6.07, 6.45) is 0.433. The fraction of sp³-hybridized carbons (Fsp3) is 0.300. The van der Waals surface area contributed by atoms with Crippen LogP contribution in [0.1, 0.15) is 6.42 Å². The average molecular weight is 211 g/mol. The predicted molar refractivity (Wildman–Crippen MR) is 56.4 cm³/mol. The van der Waals surface area contributed by atoms with E-state index in [9.17, 15) is 4.79 Å². The molecule has 0 saturated carbocycles. The van der Waals surface area contributed by atoms with Gasteiger partial charge in [-0.2, -0.15) is 0 Å². The highest BCUT2D eigenvalue weighted by Crippen LogP contribution is 2.22. The van der Waals surface area contributed by atoms with Crippen molar-refractivity contribution >= 4 is 23.2 Å². The summed E-state index contributed by atoms with van der Waals surface area (Å²) in [5, 5.41) is 0.671. The first-order valence-corrected chi connectivity index (χ1v) is 4.86. The molecular formula is C10H11ClN2O. The number of halogens is 1. The number of nitrogens with two attached hydrogens (primary N) is 1. The Bertz CT molecular complexity index is 350. The van der Waals surface area contributed by atoms with Crippen LogP contribution in [0.15, 0.2) is 24.3 Å². The molecule has 2 rings (SSSR count). The molecule has 0 radical (unpaired) electrons. The molecule has 3 nitrogen and oxygen atoms in total.